The minimum Gasteiger partial charge on any atom is -0.497 e. The van der Waals surface area contributed by atoms with Gasteiger partial charge in [0.15, 0.2) is 5.96 Å². The molecule has 0 bridgehead atoms. The van der Waals surface area contributed by atoms with Crippen LogP contribution >= 0.6 is 24.0 Å². The topological polar surface area (TPSA) is 92.0 Å². The maximum atomic E-state index is 12.2. The summed E-state index contributed by atoms with van der Waals surface area (Å²) in [4.78, 5) is 18.5. The number of ether oxygens (including phenoxy) is 1. The summed E-state index contributed by atoms with van der Waals surface area (Å²) in [6.07, 6.45) is 0. The Kier molecular flexibility index (Phi) is 10.3. The first kappa shape index (κ1) is 23.7. The predicted octanol–water partition coefficient (Wildman–Crippen LogP) is 2.53. The number of benzene rings is 2. The van der Waals surface area contributed by atoms with Gasteiger partial charge in [0.1, 0.15) is 5.75 Å². The van der Waals surface area contributed by atoms with E-state index in [1.54, 1.807) is 13.2 Å². The van der Waals surface area contributed by atoms with Gasteiger partial charge in [-0.15, -0.1) is 24.0 Å². The Hall–Kier alpha value is -2.33. The van der Waals surface area contributed by atoms with Crippen LogP contribution in [-0.2, 0) is 6.54 Å². The minimum absolute atomic E-state index is 0. The molecule has 0 saturated carbocycles. The van der Waals surface area contributed by atoms with Gasteiger partial charge in [-0.2, -0.15) is 0 Å². The summed E-state index contributed by atoms with van der Waals surface area (Å²) in [6.45, 7) is 1.78. The quantitative estimate of drug-likeness (QED) is 0.296. The van der Waals surface area contributed by atoms with E-state index in [1.165, 1.54) is 0 Å². The largest absolute Gasteiger partial charge is 0.497 e. The molecule has 2 aromatic rings. The second kappa shape index (κ2) is 12.2. The van der Waals surface area contributed by atoms with Gasteiger partial charge in [0, 0.05) is 24.3 Å². The second-order valence-electron chi connectivity index (χ2n) is 6.31. The molecule has 0 fully saturated rings. The SMILES string of the molecule is COc1ccc(NC(N)=NCc2cccc(C(=O)NCCN(C)C)c2)cc1.I. The van der Waals surface area contributed by atoms with Gasteiger partial charge in [-0.25, -0.2) is 4.99 Å². The molecule has 1 amide bonds. The van der Waals surface area contributed by atoms with Crippen LogP contribution in [0, 0.1) is 0 Å². The lowest BCUT2D eigenvalue weighted by Crippen LogP contribution is -2.31. The maximum Gasteiger partial charge on any atom is 0.251 e. The number of methoxy groups -OCH3 is 1. The molecular weight excluding hydrogens is 469 g/mol. The predicted molar refractivity (Wildman–Crippen MR) is 125 cm³/mol. The number of anilines is 1. The molecule has 0 unspecified atom stereocenters. The number of carbonyl (C=O) groups excluding carboxylic acids is 1. The monoisotopic (exact) mass is 497 g/mol. The highest BCUT2D eigenvalue weighted by atomic mass is 127. The van der Waals surface area contributed by atoms with Gasteiger partial charge in [-0.05, 0) is 56.1 Å². The summed E-state index contributed by atoms with van der Waals surface area (Å²) < 4.78 is 5.12. The number of rotatable bonds is 8. The molecule has 0 aliphatic heterocycles. The summed E-state index contributed by atoms with van der Waals surface area (Å²) in [5, 5.41) is 5.93. The molecule has 0 aliphatic rings. The number of nitrogens with two attached hydrogens (primary N) is 1. The second-order valence-corrected chi connectivity index (χ2v) is 6.31. The molecule has 4 N–H and O–H groups in total. The molecule has 0 atom stereocenters. The number of hydrogen-bond donors (Lipinski definition) is 3. The Balaban J connectivity index is 0.00000392. The molecule has 0 heterocycles. The van der Waals surface area contributed by atoms with E-state index in [-0.39, 0.29) is 29.9 Å². The fourth-order valence-corrected chi connectivity index (χ4v) is 2.34. The summed E-state index contributed by atoms with van der Waals surface area (Å²) in [5.41, 5.74) is 8.29. The number of nitrogens with zero attached hydrogens (tertiary/aromatic N) is 2. The first-order chi connectivity index (χ1) is 13.0. The Labute approximate surface area is 183 Å². The van der Waals surface area contributed by atoms with E-state index in [0.29, 0.717) is 24.6 Å². The van der Waals surface area contributed by atoms with Crippen LogP contribution in [0.2, 0.25) is 0 Å². The lowest BCUT2D eigenvalue weighted by molar-refractivity contribution is 0.0951. The Morgan fingerprint density at radius 1 is 1.18 bits per heavy atom. The van der Waals surface area contributed by atoms with Crippen molar-refractivity contribution in [3.8, 4) is 5.75 Å². The summed E-state index contributed by atoms with van der Waals surface area (Å²) >= 11 is 0. The number of hydrogen-bond acceptors (Lipinski definition) is 4. The van der Waals surface area contributed by atoms with Crippen LogP contribution in [0.25, 0.3) is 0 Å². The minimum atomic E-state index is -0.0907. The summed E-state index contributed by atoms with van der Waals surface area (Å²) in [6, 6.07) is 14.8. The first-order valence-electron chi connectivity index (χ1n) is 8.71. The normalized spacial score (nSPS) is 10.9. The molecule has 28 heavy (non-hydrogen) atoms. The average Bonchev–Trinajstić information content (AvgIpc) is 2.67. The van der Waals surface area contributed by atoms with Crippen molar-refractivity contribution >= 4 is 41.5 Å². The van der Waals surface area contributed by atoms with Crippen molar-refractivity contribution in [2.75, 3.05) is 39.6 Å². The van der Waals surface area contributed by atoms with Gasteiger partial charge in [-0.1, -0.05) is 12.1 Å². The molecule has 0 aliphatic carbocycles. The number of halogens is 1. The number of carbonyl (C=O) groups is 1. The first-order valence-corrected chi connectivity index (χ1v) is 8.71. The van der Waals surface area contributed by atoms with E-state index in [4.69, 9.17) is 10.5 Å². The van der Waals surface area contributed by atoms with Crippen molar-refractivity contribution in [2.45, 2.75) is 6.54 Å². The van der Waals surface area contributed by atoms with Crippen molar-refractivity contribution in [3.63, 3.8) is 0 Å². The lowest BCUT2D eigenvalue weighted by Gasteiger charge is -2.11. The zero-order chi connectivity index (χ0) is 19.6. The molecule has 7 nitrogen and oxygen atoms in total. The number of aliphatic imine (C=N–C) groups is 1. The van der Waals surface area contributed by atoms with Crippen molar-refractivity contribution in [1.29, 1.82) is 0 Å². The molecule has 0 saturated heterocycles. The summed E-state index contributed by atoms with van der Waals surface area (Å²) in [5.74, 6) is 0.991. The van der Waals surface area contributed by atoms with Gasteiger partial charge in [0.05, 0.1) is 13.7 Å². The molecule has 0 aromatic heterocycles. The molecule has 152 valence electrons. The Morgan fingerprint density at radius 2 is 1.89 bits per heavy atom. The van der Waals surface area contributed by atoms with Crippen LogP contribution in [0.3, 0.4) is 0 Å². The molecule has 8 heteroatoms. The Bertz CT molecular complexity index is 778. The summed E-state index contributed by atoms with van der Waals surface area (Å²) in [7, 11) is 5.55. The van der Waals surface area contributed by atoms with Gasteiger partial charge in [-0.3, -0.25) is 4.79 Å². The van der Waals surface area contributed by atoms with Crippen LogP contribution in [0.4, 0.5) is 5.69 Å². The average molecular weight is 497 g/mol. The highest BCUT2D eigenvalue weighted by Gasteiger charge is 2.06. The fourth-order valence-electron chi connectivity index (χ4n) is 2.34. The highest BCUT2D eigenvalue weighted by Crippen LogP contribution is 2.14. The zero-order valence-corrected chi connectivity index (χ0v) is 18.8. The zero-order valence-electron chi connectivity index (χ0n) is 16.4. The van der Waals surface area contributed by atoms with E-state index in [2.05, 4.69) is 15.6 Å². The van der Waals surface area contributed by atoms with E-state index in [1.807, 2.05) is 61.5 Å². The molecule has 2 aromatic carbocycles. The van der Waals surface area contributed by atoms with Crippen LogP contribution in [0.15, 0.2) is 53.5 Å². The van der Waals surface area contributed by atoms with Crippen molar-refractivity contribution in [3.05, 3.63) is 59.7 Å². The van der Waals surface area contributed by atoms with Gasteiger partial charge >= 0.3 is 0 Å². The van der Waals surface area contributed by atoms with Crippen LogP contribution in [0.1, 0.15) is 15.9 Å². The smallest absolute Gasteiger partial charge is 0.251 e. The van der Waals surface area contributed by atoms with Gasteiger partial charge in [0.2, 0.25) is 0 Å². The van der Waals surface area contributed by atoms with E-state index >= 15 is 0 Å². The van der Waals surface area contributed by atoms with Crippen LogP contribution in [0.5, 0.6) is 5.75 Å². The van der Waals surface area contributed by atoms with Crippen molar-refractivity contribution < 1.29 is 9.53 Å². The molecule has 2 rings (SSSR count). The van der Waals surface area contributed by atoms with E-state index in [0.717, 1.165) is 23.5 Å². The third kappa shape index (κ3) is 8.13. The Morgan fingerprint density at radius 3 is 2.54 bits per heavy atom. The van der Waals surface area contributed by atoms with Crippen LogP contribution in [-0.4, -0.2) is 51.1 Å². The molecular formula is C20H28IN5O2. The standard InChI is InChI=1S/C20H27N5O2.HI/c1-25(2)12-11-22-19(26)16-6-4-5-15(13-16)14-23-20(21)24-17-7-9-18(27-3)10-8-17;/h4-10,13H,11-12,14H2,1-3H3,(H,22,26)(H3,21,23,24);1H. The fraction of sp³-hybridized carbons (Fsp3) is 0.300. The lowest BCUT2D eigenvalue weighted by atomic mass is 10.1. The van der Waals surface area contributed by atoms with Crippen molar-refractivity contribution in [2.24, 2.45) is 10.7 Å². The third-order valence-corrected chi connectivity index (χ3v) is 3.83. The van der Waals surface area contributed by atoms with E-state index in [9.17, 15) is 4.79 Å². The van der Waals surface area contributed by atoms with Gasteiger partial charge in [0.25, 0.3) is 5.91 Å². The van der Waals surface area contributed by atoms with Crippen molar-refractivity contribution in [1.82, 2.24) is 10.2 Å². The van der Waals surface area contributed by atoms with Gasteiger partial charge < -0.3 is 26.0 Å². The number of amides is 1. The maximum absolute atomic E-state index is 12.2. The number of likely N-dealkylation sites (N-methyl/N-ethyl adjacent to an activating group) is 1. The highest BCUT2D eigenvalue weighted by molar-refractivity contribution is 14.0. The van der Waals surface area contributed by atoms with Crippen LogP contribution < -0.4 is 21.1 Å². The molecule has 0 spiro atoms. The third-order valence-electron chi connectivity index (χ3n) is 3.83. The number of nitrogens with one attached hydrogen (secondary N) is 2. The van der Waals surface area contributed by atoms with E-state index < -0.39 is 0 Å². The molecule has 0 radical (unpaired) electrons. The number of guanidine groups is 1.